The largest absolute Gasteiger partial charge is 0.506 e. The molecular weight excluding hydrogens is 384 g/mol. The number of hydrogen-bond acceptors (Lipinski definition) is 7. The molecule has 8 nitrogen and oxygen atoms in total. The fourth-order valence-corrected chi connectivity index (χ4v) is 3.48. The van der Waals surface area contributed by atoms with E-state index in [1.54, 1.807) is 6.20 Å². The van der Waals surface area contributed by atoms with E-state index in [0.29, 0.717) is 43.0 Å². The molecule has 0 amide bonds. The van der Waals surface area contributed by atoms with Crippen molar-refractivity contribution in [3.05, 3.63) is 53.7 Å². The van der Waals surface area contributed by atoms with Crippen molar-refractivity contribution in [2.45, 2.75) is 32.9 Å². The van der Waals surface area contributed by atoms with Crippen molar-refractivity contribution in [1.29, 1.82) is 0 Å². The Bertz CT molecular complexity index is 993. The average Bonchev–Trinajstić information content (AvgIpc) is 3.17. The highest BCUT2D eigenvalue weighted by molar-refractivity contribution is 5.58. The van der Waals surface area contributed by atoms with Crippen molar-refractivity contribution < 1.29 is 19.2 Å². The van der Waals surface area contributed by atoms with Crippen LogP contribution in [0.2, 0.25) is 0 Å². The van der Waals surface area contributed by atoms with E-state index in [2.05, 4.69) is 46.0 Å². The van der Waals surface area contributed by atoms with Gasteiger partial charge in [0, 0.05) is 31.4 Å². The normalized spacial score (nSPS) is 14.6. The Hall–Kier alpha value is -3.26. The average molecular weight is 408 g/mol. The molecule has 1 fully saturated rings. The minimum Gasteiger partial charge on any atom is -0.450 e. The standard InChI is InChI=1S/C22H24N4O4/c1-14(2)9-15-3-6-17(7-4-15)21-24-20(25-30-21)19-8-5-16(10-23-19)11-26-12-18(13-26)29-22(27)28/h3-8,10,14,18H,9,11-13H2,1-2H3,(H,27,28). The molecule has 0 atom stereocenters. The lowest BCUT2D eigenvalue weighted by Crippen LogP contribution is -2.52. The summed E-state index contributed by atoms with van der Waals surface area (Å²) >= 11 is 0. The van der Waals surface area contributed by atoms with E-state index >= 15 is 0 Å². The first-order valence-electron chi connectivity index (χ1n) is 9.96. The lowest BCUT2D eigenvalue weighted by atomic mass is 10.0. The monoisotopic (exact) mass is 408 g/mol. The van der Waals surface area contributed by atoms with Gasteiger partial charge < -0.3 is 14.4 Å². The number of carbonyl (C=O) groups is 1. The Kier molecular flexibility index (Phi) is 5.76. The number of aromatic nitrogens is 3. The predicted octanol–water partition coefficient (Wildman–Crippen LogP) is 3.88. The van der Waals surface area contributed by atoms with Gasteiger partial charge in [0.25, 0.3) is 5.89 Å². The molecule has 0 aliphatic carbocycles. The van der Waals surface area contributed by atoms with Gasteiger partial charge in [0.2, 0.25) is 5.82 Å². The molecule has 156 valence electrons. The zero-order valence-electron chi connectivity index (χ0n) is 17.0. The van der Waals surface area contributed by atoms with Gasteiger partial charge in [-0.25, -0.2) is 4.79 Å². The van der Waals surface area contributed by atoms with Crippen LogP contribution in [0.1, 0.15) is 25.0 Å². The summed E-state index contributed by atoms with van der Waals surface area (Å²) < 4.78 is 10.1. The Balaban J connectivity index is 1.36. The van der Waals surface area contributed by atoms with E-state index in [1.807, 2.05) is 24.3 Å². The van der Waals surface area contributed by atoms with Crippen LogP contribution in [0.25, 0.3) is 23.0 Å². The highest BCUT2D eigenvalue weighted by Crippen LogP contribution is 2.23. The predicted molar refractivity (Wildman–Crippen MR) is 110 cm³/mol. The summed E-state index contributed by atoms with van der Waals surface area (Å²) in [5.74, 6) is 1.53. The number of rotatable bonds is 7. The van der Waals surface area contributed by atoms with Crippen LogP contribution >= 0.6 is 0 Å². The summed E-state index contributed by atoms with van der Waals surface area (Å²) in [6.07, 6.45) is 1.34. The van der Waals surface area contributed by atoms with E-state index in [-0.39, 0.29) is 6.10 Å². The van der Waals surface area contributed by atoms with Crippen molar-refractivity contribution in [2.75, 3.05) is 13.1 Å². The number of pyridine rings is 1. The van der Waals surface area contributed by atoms with Gasteiger partial charge in [-0.3, -0.25) is 9.88 Å². The number of ether oxygens (including phenoxy) is 1. The first-order valence-corrected chi connectivity index (χ1v) is 9.96. The second kappa shape index (κ2) is 8.62. The third-order valence-electron chi connectivity index (χ3n) is 4.92. The van der Waals surface area contributed by atoms with Gasteiger partial charge >= 0.3 is 6.16 Å². The van der Waals surface area contributed by atoms with Crippen molar-refractivity contribution in [1.82, 2.24) is 20.0 Å². The minimum atomic E-state index is -1.23. The number of hydrogen-bond donors (Lipinski definition) is 1. The van der Waals surface area contributed by atoms with Gasteiger partial charge in [0.05, 0.1) is 0 Å². The Morgan fingerprint density at radius 3 is 2.57 bits per heavy atom. The van der Waals surface area contributed by atoms with Gasteiger partial charge in [0.15, 0.2) is 0 Å². The molecule has 4 rings (SSSR count). The van der Waals surface area contributed by atoms with E-state index in [0.717, 1.165) is 17.5 Å². The summed E-state index contributed by atoms with van der Waals surface area (Å²) in [5.41, 5.74) is 3.83. The van der Waals surface area contributed by atoms with Gasteiger partial charge in [-0.2, -0.15) is 4.98 Å². The third-order valence-corrected chi connectivity index (χ3v) is 4.92. The molecule has 1 aliphatic heterocycles. The maximum absolute atomic E-state index is 10.5. The second-order valence-electron chi connectivity index (χ2n) is 7.97. The molecule has 1 saturated heterocycles. The van der Waals surface area contributed by atoms with Crippen LogP contribution in [0, 0.1) is 5.92 Å². The van der Waals surface area contributed by atoms with Gasteiger partial charge in [-0.1, -0.05) is 37.2 Å². The first kappa shape index (κ1) is 20.0. The molecule has 3 aromatic rings. The van der Waals surface area contributed by atoms with E-state index < -0.39 is 6.16 Å². The smallest absolute Gasteiger partial charge is 0.450 e. The molecule has 30 heavy (non-hydrogen) atoms. The molecular formula is C22H24N4O4. The molecule has 0 spiro atoms. The Morgan fingerprint density at radius 1 is 1.20 bits per heavy atom. The Morgan fingerprint density at radius 2 is 1.93 bits per heavy atom. The quantitative estimate of drug-likeness (QED) is 0.588. The number of benzene rings is 1. The van der Waals surface area contributed by atoms with Crippen LogP contribution < -0.4 is 0 Å². The van der Waals surface area contributed by atoms with Crippen LogP contribution in [0.5, 0.6) is 0 Å². The zero-order valence-corrected chi connectivity index (χ0v) is 17.0. The Labute approximate surface area is 174 Å². The fourth-order valence-electron chi connectivity index (χ4n) is 3.48. The van der Waals surface area contributed by atoms with Crippen LogP contribution in [0.3, 0.4) is 0 Å². The third kappa shape index (κ3) is 4.83. The van der Waals surface area contributed by atoms with Crippen molar-refractivity contribution in [2.24, 2.45) is 5.92 Å². The minimum absolute atomic E-state index is 0.244. The molecule has 0 radical (unpaired) electrons. The van der Waals surface area contributed by atoms with Crippen molar-refractivity contribution in [3.63, 3.8) is 0 Å². The van der Waals surface area contributed by atoms with E-state index in [4.69, 9.17) is 14.4 Å². The molecule has 3 heterocycles. The summed E-state index contributed by atoms with van der Waals surface area (Å²) in [6.45, 7) is 6.28. The van der Waals surface area contributed by atoms with Crippen LogP contribution in [-0.2, 0) is 17.7 Å². The highest BCUT2D eigenvalue weighted by atomic mass is 16.7. The summed E-state index contributed by atoms with van der Waals surface area (Å²) in [4.78, 5) is 21.5. The van der Waals surface area contributed by atoms with Gasteiger partial charge in [-0.15, -0.1) is 0 Å². The summed E-state index contributed by atoms with van der Waals surface area (Å²) in [5, 5.41) is 12.7. The molecule has 1 aromatic carbocycles. The summed E-state index contributed by atoms with van der Waals surface area (Å²) in [7, 11) is 0. The van der Waals surface area contributed by atoms with Crippen LogP contribution in [0.15, 0.2) is 47.1 Å². The summed E-state index contributed by atoms with van der Waals surface area (Å²) in [6, 6.07) is 12.0. The molecule has 0 saturated carbocycles. The number of carboxylic acid groups (broad SMARTS) is 1. The van der Waals surface area contributed by atoms with Crippen molar-refractivity contribution >= 4 is 6.16 Å². The van der Waals surface area contributed by atoms with Gasteiger partial charge in [0.1, 0.15) is 11.8 Å². The molecule has 1 aliphatic rings. The molecule has 1 N–H and O–H groups in total. The van der Waals surface area contributed by atoms with Crippen molar-refractivity contribution in [3.8, 4) is 23.0 Å². The topological polar surface area (TPSA) is 102 Å². The molecule has 0 bridgehead atoms. The maximum Gasteiger partial charge on any atom is 0.506 e. The fraction of sp³-hybridized carbons (Fsp3) is 0.364. The second-order valence-corrected chi connectivity index (χ2v) is 7.97. The van der Waals surface area contributed by atoms with Gasteiger partial charge in [-0.05, 0) is 41.7 Å². The molecule has 2 aromatic heterocycles. The van der Waals surface area contributed by atoms with Crippen LogP contribution in [0.4, 0.5) is 4.79 Å². The number of nitrogens with zero attached hydrogens (tertiary/aromatic N) is 4. The molecule has 8 heteroatoms. The lowest BCUT2D eigenvalue weighted by Gasteiger charge is -2.37. The zero-order chi connectivity index (χ0) is 21.1. The molecule has 0 unspecified atom stereocenters. The van der Waals surface area contributed by atoms with E-state index in [1.165, 1.54) is 5.56 Å². The highest BCUT2D eigenvalue weighted by Gasteiger charge is 2.29. The maximum atomic E-state index is 10.5. The number of likely N-dealkylation sites (tertiary alicyclic amines) is 1. The van der Waals surface area contributed by atoms with E-state index in [9.17, 15) is 4.79 Å². The van der Waals surface area contributed by atoms with Crippen LogP contribution in [-0.4, -0.2) is 50.5 Å². The lowest BCUT2D eigenvalue weighted by molar-refractivity contribution is -0.0363. The first-order chi connectivity index (χ1) is 14.5. The SMILES string of the molecule is CC(C)Cc1ccc(-c2nc(-c3ccc(CN4CC(OC(=O)O)C4)cn3)no2)cc1.